The number of hydrogen-bond acceptors (Lipinski definition) is 3. The van der Waals surface area contributed by atoms with Crippen LogP contribution in [0.15, 0.2) is 0 Å². The van der Waals surface area contributed by atoms with E-state index in [1.165, 1.54) is 32.4 Å². The molecule has 0 radical (unpaired) electrons. The summed E-state index contributed by atoms with van der Waals surface area (Å²) >= 11 is 0. The Morgan fingerprint density at radius 1 is 1.25 bits per heavy atom. The number of nitrogens with zero attached hydrogens (tertiary/aromatic N) is 2. The predicted octanol–water partition coefficient (Wildman–Crippen LogP) is 0.293. The minimum Gasteiger partial charge on any atom is -0.339 e. The summed E-state index contributed by atoms with van der Waals surface area (Å²) in [5.74, 6) is 0.331. The van der Waals surface area contributed by atoms with Crippen LogP contribution < -0.4 is 5.32 Å². The molecule has 2 fully saturated rings. The van der Waals surface area contributed by atoms with Crippen molar-refractivity contribution in [2.24, 2.45) is 0 Å². The van der Waals surface area contributed by atoms with Gasteiger partial charge in [0, 0.05) is 32.1 Å². The molecule has 0 spiro atoms. The molecular formula is C12H23N3O. The van der Waals surface area contributed by atoms with E-state index in [9.17, 15) is 4.79 Å². The Morgan fingerprint density at radius 2 is 1.94 bits per heavy atom. The SMILES string of the molecule is CNC1CN(C(=O)CCN2CCCCC2)C1. The van der Waals surface area contributed by atoms with Crippen molar-refractivity contribution in [3.63, 3.8) is 0 Å². The van der Waals surface area contributed by atoms with Crippen LogP contribution in [0.25, 0.3) is 0 Å². The Hall–Kier alpha value is -0.610. The van der Waals surface area contributed by atoms with Gasteiger partial charge in [0.25, 0.3) is 0 Å². The number of carbonyl (C=O) groups excluding carboxylic acids is 1. The number of piperidine rings is 1. The van der Waals surface area contributed by atoms with Crippen LogP contribution in [0.3, 0.4) is 0 Å². The highest BCUT2D eigenvalue weighted by Gasteiger charge is 2.28. The molecule has 0 aromatic rings. The van der Waals surface area contributed by atoms with Crippen LogP contribution in [-0.4, -0.2) is 61.5 Å². The summed E-state index contributed by atoms with van der Waals surface area (Å²) in [6, 6.07) is 0.527. The Kier molecular flexibility index (Phi) is 4.18. The lowest BCUT2D eigenvalue weighted by molar-refractivity contribution is -0.136. The van der Waals surface area contributed by atoms with Gasteiger partial charge in [0.15, 0.2) is 0 Å². The van der Waals surface area contributed by atoms with Crippen molar-refractivity contribution in [2.45, 2.75) is 31.7 Å². The lowest BCUT2D eigenvalue weighted by atomic mass is 10.1. The van der Waals surface area contributed by atoms with E-state index >= 15 is 0 Å². The maximum absolute atomic E-state index is 11.8. The minimum atomic E-state index is 0.331. The van der Waals surface area contributed by atoms with Crippen molar-refractivity contribution in [1.82, 2.24) is 15.1 Å². The summed E-state index contributed by atoms with van der Waals surface area (Å²) in [7, 11) is 1.96. The minimum absolute atomic E-state index is 0.331. The van der Waals surface area contributed by atoms with Gasteiger partial charge in [-0.25, -0.2) is 0 Å². The highest BCUT2D eigenvalue weighted by Crippen LogP contribution is 2.12. The molecule has 16 heavy (non-hydrogen) atoms. The maximum Gasteiger partial charge on any atom is 0.223 e. The summed E-state index contributed by atoms with van der Waals surface area (Å²) in [5.41, 5.74) is 0. The predicted molar refractivity (Wildman–Crippen MR) is 64.3 cm³/mol. The molecule has 0 saturated carbocycles. The molecule has 1 amide bonds. The molecule has 4 nitrogen and oxygen atoms in total. The summed E-state index contributed by atoms with van der Waals surface area (Å²) in [6.07, 6.45) is 4.68. The van der Waals surface area contributed by atoms with E-state index in [1.54, 1.807) is 0 Å². The highest BCUT2D eigenvalue weighted by atomic mass is 16.2. The van der Waals surface area contributed by atoms with Gasteiger partial charge in [-0.05, 0) is 33.0 Å². The number of likely N-dealkylation sites (tertiary alicyclic amines) is 2. The fourth-order valence-corrected chi connectivity index (χ4v) is 2.46. The molecule has 1 N–H and O–H groups in total. The van der Waals surface area contributed by atoms with Crippen LogP contribution >= 0.6 is 0 Å². The number of carbonyl (C=O) groups is 1. The third-order valence-electron chi connectivity index (χ3n) is 3.73. The first-order valence-electron chi connectivity index (χ1n) is 6.47. The molecule has 2 aliphatic rings. The third kappa shape index (κ3) is 2.95. The molecule has 92 valence electrons. The van der Waals surface area contributed by atoms with E-state index in [0.29, 0.717) is 18.4 Å². The monoisotopic (exact) mass is 225 g/mol. The van der Waals surface area contributed by atoms with Gasteiger partial charge in [0.05, 0.1) is 0 Å². The van der Waals surface area contributed by atoms with Gasteiger partial charge < -0.3 is 15.1 Å². The fraction of sp³-hybridized carbons (Fsp3) is 0.917. The summed E-state index contributed by atoms with van der Waals surface area (Å²) in [5, 5.41) is 3.19. The van der Waals surface area contributed by atoms with Gasteiger partial charge >= 0.3 is 0 Å². The van der Waals surface area contributed by atoms with Gasteiger partial charge in [0.1, 0.15) is 0 Å². The van der Waals surface area contributed by atoms with Gasteiger partial charge in [-0.1, -0.05) is 6.42 Å². The van der Waals surface area contributed by atoms with Crippen LogP contribution in [0, 0.1) is 0 Å². The largest absolute Gasteiger partial charge is 0.339 e. The van der Waals surface area contributed by atoms with Crippen LogP contribution in [0.5, 0.6) is 0 Å². The van der Waals surface area contributed by atoms with Crippen molar-refractivity contribution >= 4 is 5.91 Å². The molecule has 4 heteroatoms. The standard InChI is InChI=1S/C12H23N3O/c1-13-11-9-15(10-11)12(16)5-8-14-6-3-2-4-7-14/h11,13H,2-10H2,1H3. The van der Waals surface area contributed by atoms with Crippen LogP contribution in [0.4, 0.5) is 0 Å². The fourth-order valence-electron chi connectivity index (χ4n) is 2.46. The highest BCUT2D eigenvalue weighted by molar-refractivity contribution is 5.77. The van der Waals surface area contributed by atoms with E-state index in [2.05, 4.69) is 10.2 Å². The van der Waals surface area contributed by atoms with E-state index in [1.807, 2.05) is 11.9 Å². The molecular weight excluding hydrogens is 202 g/mol. The van der Waals surface area contributed by atoms with Crippen molar-refractivity contribution in [3.05, 3.63) is 0 Å². The molecule has 2 saturated heterocycles. The first-order valence-corrected chi connectivity index (χ1v) is 6.47. The zero-order valence-electron chi connectivity index (χ0n) is 10.2. The molecule has 0 aliphatic carbocycles. The third-order valence-corrected chi connectivity index (χ3v) is 3.73. The average Bonchev–Trinajstić information content (AvgIpc) is 2.26. The first-order chi connectivity index (χ1) is 7.79. The van der Waals surface area contributed by atoms with Gasteiger partial charge in [-0.2, -0.15) is 0 Å². The second-order valence-corrected chi connectivity index (χ2v) is 4.94. The van der Waals surface area contributed by atoms with Gasteiger partial charge in [-0.15, -0.1) is 0 Å². The lowest BCUT2D eigenvalue weighted by Crippen LogP contribution is -2.59. The summed E-state index contributed by atoms with van der Waals surface area (Å²) in [6.45, 7) is 5.13. The van der Waals surface area contributed by atoms with E-state index < -0.39 is 0 Å². The van der Waals surface area contributed by atoms with Crippen LogP contribution in [0.2, 0.25) is 0 Å². The molecule has 0 aromatic carbocycles. The number of amides is 1. The molecule has 0 unspecified atom stereocenters. The van der Waals surface area contributed by atoms with Crippen LogP contribution in [-0.2, 0) is 4.79 Å². The second-order valence-electron chi connectivity index (χ2n) is 4.94. The summed E-state index contributed by atoms with van der Waals surface area (Å²) < 4.78 is 0. The number of hydrogen-bond donors (Lipinski definition) is 1. The van der Waals surface area contributed by atoms with Crippen LogP contribution in [0.1, 0.15) is 25.7 Å². The Balaban J connectivity index is 1.60. The number of rotatable bonds is 4. The lowest BCUT2D eigenvalue weighted by Gasteiger charge is -2.39. The van der Waals surface area contributed by atoms with Crippen molar-refractivity contribution in [2.75, 3.05) is 39.8 Å². The molecule has 0 atom stereocenters. The maximum atomic E-state index is 11.8. The first kappa shape index (κ1) is 11.9. The van der Waals surface area contributed by atoms with Gasteiger partial charge in [0.2, 0.25) is 5.91 Å². The molecule has 0 aromatic heterocycles. The number of likely N-dealkylation sites (N-methyl/N-ethyl adjacent to an activating group) is 1. The van der Waals surface area contributed by atoms with E-state index in [4.69, 9.17) is 0 Å². The number of nitrogens with one attached hydrogen (secondary N) is 1. The second kappa shape index (κ2) is 5.64. The van der Waals surface area contributed by atoms with Crippen molar-refractivity contribution in [3.8, 4) is 0 Å². The van der Waals surface area contributed by atoms with E-state index in [-0.39, 0.29) is 0 Å². The summed E-state index contributed by atoms with van der Waals surface area (Å²) in [4.78, 5) is 16.2. The molecule has 2 heterocycles. The van der Waals surface area contributed by atoms with E-state index in [0.717, 1.165) is 19.6 Å². The van der Waals surface area contributed by atoms with Gasteiger partial charge in [-0.3, -0.25) is 4.79 Å². The average molecular weight is 225 g/mol. The Bertz CT molecular complexity index is 232. The molecule has 2 rings (SSSR count). The molecule has 0 bridgehead atoms. The van der Waals surface area contributed by atoms with Crippen molar-refractivity contribution < 1.29 is 4.79 Å². The normalized spacial score (nSPS) is 23.2. The molecule has 2 aliphatic heterocycles. The Labute approximate surface area is 98.0 Å². The topological polar surface area (TPSA) is 35.6 Å². The zero-order chi connectivity index (χ0) is 11.4. The van der Waals surface area contributed by atoms with Crippen molar-refractivity contribution in [1.29, 1.82) is 0 Å². The smallest absolute Gasteiger partial charge is 0.223 e. The Morgan fingerprint density at radius 3 is 2.56 bits per heavy atom. The zero-order valence-corrected chi connectivity index (χ0v) is 10.2. The quantitative estimate of drug-likeness (QED) is 0.747.